The van der Waals surface area contributed by atoms with Gasteiger partial charge in [0, 0.05) is 6.54 Å². The molecule has 20 heavy (non-hydrogen) atoms. The third-order valence-corrected chi connectivity index (χ3v) is 2.78. The zero-order valence-corrected chi connectivity index (χ0v) is 10.9. The van der Waals surface area contributed by atoms with Crippen LogP contribution in [0.5, 0.6) is 5.75 Å². The summed E-state index contributed by atoms with van der Waals surface area (Å²) < 4.78 is 40.2. The van der Waals surface area contributed by atoms with E-state index in [-0.39, 0.29) is 5.75 Å². The Morgan fingerprint density at radius 1 is 1.00 bits per heavy atom. The zero-order valence-electron chi connectivity index (χ0n) is 10.9. The van der Waals surface area contributed by atoms with Crippen molar-refractivity contribution in [2.75, 3.05) is 7.05 Å². The molecular formula is C15H14F3NO. The molecule has 0 saturated carbocycles. The first kappa shape index (κ1) is 14.4. The van der Waals surface area contributed by atoms with E-state index >= 15 is 0 Å². The summed E-state index contributed by atoms with van der Waals surface area (Å²) in [6.07, 6.45) is -4.66. The van der Waals surface area contributed by atoms with Crippen LogP contribution in [0.1, 0.15) is 5.56 Å². The van der Waals surface area contributed by atoms with Crippen LogP contribution in [0.15, 0.2) is 48.5 Å². The van der Waals surface area contributed by atoms with Gasteiger partial charge in [-0.1, -0.05) is 36.4 Å². The van der Waals surface area contributed by atoms with Gasteiger partial charge in [-0.3, -0.25) is 0 Å². The van der Waals surface area contributed by atoms with E-state index in [0.717, 1.165) is 16.7 Å². The summed E-state index contributed by atoms with van der Waals surface area (Å²) in [5.74, 6) is -0.215. The Kier molecular flexibility index (Phi) is 4.29. The summed E-state index contributed by atoms with van der Waals surface area (Å²) in [5, 5.41) is 3.06. The van der Waals surface area contributed by atoms with E-state index in [1.807, 2.05) is 31.3 Å². The molecule has 0 radical (unpaired) electrons. The number of hydrogen-bond donors (Lipinski definition) is 1. The van der Waals surface area contributed by atoms with Crippen molar-refractivity contribution in [2.45, 2.75) is 12.9 Å². The Morgan fingerprint density at radius 2 is 1.65 bits per heavy atom. The summed E-state index contributed by atoms with van der Waals surface area (Å²) in [6, 6.07) is 13.6. The maximum atomic E-state index is 12.1. The molecule has 0 aliphatic rings. The molecule has 2 aromatic rings. The topological polar surface area (TPSA) is 21.3 Å². The molecule has 0 saturated heterocycles. The van der Waals surface area contributed by atoms with Gasteiger partial charge in [0.1, 0.15) is 5.75 Å². The summed E-state index contributed by atoms with van der Waals surface area (Å²) in [7, 11) is 1.84. The first-order valence-corrected chi connectivity index (χ1v) is 6.08. The molecule has 2 aromatic carbocycles. The maximum Gasteiger partial charge on any atom is 0.573 e. The molecule has 0 aliphatic carbocycles. The molecule has 0 bridgehead atoms. The molecule has 5 heteroatoms. The van der Waals surface area contributed by atoms with Crippen molar-refractivity contribution in [3.05, 3.63) is 54.1 Å². The smallest absolute Gasteiger partial charge is 0.406 e. The van der Waals surface area contributed by atoms with E-state index < -0.39 is 6.36 Å². The van der Waals surface area contributed by atoms with E-state index in [4.69, 9.17) is 0 Å². The van der Waals surface area contributed by atoms with Gasteiger partial charge >= 0.3 is 6.36 Å². The van der Waals surface area contributed by atoms with Gasteiger partial charge < -0.3 is 10.1 Å². The highest BCUT2D eigenvalue weighted by atomic mass is 19.4. The lowest BCUT2D eigenvalue weighted by Crippen LogP contribution is -2.16. The highest BCUT2D eigenvalue weighted by molar-refractivity contribution is 5.67. The average Bonchev–Trinajstić information content (AvgIpc) is 2.39. The van der Waals surface area contributed by atoms with Gasteiger partial charge in [-0.05, 0) is 35.9 Å². The lowest BCUT2D eigenvalue weighted by atomic mass is 9.99. The van der Waals surface area contributed by atoms with Crippen molar-refractivity contribution in [1.82, 2.24) is 5.32 Å². The van der Waals surface area contributed by atoms with Crippen LogP contribution in [0.2, 0.25) is 0 Å². The molecule has 0 aromatic heterocycles. The number of benzene rings is 2. The van der Waals surface area contributed by atoms with Crippen LogP contribution < -0.4 is 10.1 Å². The highest BCUT2D eigenvalue weighted by Gasteiger charge is 2.30. The van der Waals surface area contributed by atoms with Crippen LogP contribution in [0.3, 0.4) is 0 Å². The van der Waals surface area contributed by atoms with Crippen molar-refractivity contribution in [1.29, 1.82) is 0 Å². The lowest BCUT2D eigenvalue weighted by molar-refractivity contribution is -0.274. The molecule has 0 heterocycles. The molecule has 0 aliphatic heterocycles. The van der Waals surface area contributed by atoms with Gasteiger partial charge in [0.05, 0.1) is 0 Å². The maximum absolute atomic E-state index is 12.1. The average molecular weight is 281 g/mol. The Bertz CT molecular complexity index is 564. The number of halogens is 3. The van der Waals surface area contributed by atoms with Gasteiger partial charge in [0.25, 0.3) is 0 Å². The second kappa shape index (κ2) is 5.96. The van der Waals surface area contributed by atoms with Crippen LogP contribution >= 0.6 is 0 Å². The first-order chi connectivity index (χ1) is 9.49. The minimum Gasteiger partial charge on any atom is -0.406 e. The van der Waals surface area contributed by atoms with Gasteiger partial charge in [-0.25, -0.2) is 0 Å². The van der Waals surface area contributed by atoms with Gasteiger partial charge in [0.15, 0.2) is 0 Å². The number of hydrogen-bond acceptors (Lipinski definition) is 2. The van der Waals surface area contributed by atoms with E-state index in [0.29, 0.717) is 6.54 Å². The highest BCUT2D eigenvalue weighted by Crippen LogP contribution is 2.28. The Balaban J connectivity index is 2.26. The quantitative estimate of drug-likeness (QED) is 0.915. The van der Waals surface area contributed by atoms with Gasteiger partial charge in [-0.15, -0.1) is 13.2 Å². The first-order valence-electron chi connectivity index (χ1n) is 6.08. The van der Waals surface area contributed by atoms with Crippen molar-refractivity contribution in [2.24, 2.45) is 0 Å². The molecule has 0 fully saturated rings. The molecule has 2 rings (SSSR count). The predicted molar refractivity (Wildman–Crippen MR) is 71.3 cm³/mol. The van der Waals surface area contributed by atoms with Crippen LogP contribution in [-0.4, -0.2) is 13.4 Å². The predicted octanol–water partition coefficient (Wildman–Crippen LogP) is 3.97. The molecule has 2 nitrogen and oxygen atoms in total. The Morgan fingerprint density at radius 3 is 2.25 bits per heavy atom. The number of nitrogens with one attached hydrogen (secondary N) is 1. The van der Waals surface area contributed by atoms with Crippen LogP contribution in [0, 0.1) is 0 Å². The Hall–Kier alpha value is -2.01. The SMILES string of the molecule is CNCc1ccccc1-c1ccc(OC(F)(F)F)cc1. The van der Waals surface area contributed by atoms with Crippen LogP contribution in [0.25, 0.3) is 11.1 Å². The summed E-state index contributed by atoms with van der Waals surface area (Å²) >= 11 is 0. The van der Waals surface area contributed by atoms with Crippen LogP contribution in [-0.2, 0) is 6.54 Å². The fourth-order valence-electron chi connectivity index (χ4n) is 1.98. The van der Waals surface area contributed by atoms with Crippen molar-refractivity contribution in [3.63, 3.8) is 0 Å². The molecule has 0 amide bonds. The summed E-state index contributed by atoms with van der Waals surface area (Å²) in [5.41, 5.74) is 2.92. The zero-order chi connectivity index (χ0) is 14.6. The van der Waals surface area contributed by atoms with Crippen molar-refractivity contribution < 1.29 is 17.9 Å². The van der Waals surface area contributed by atoms with Crippen molar-refractivity contribution >= 4 is 0 Å². The second-order valence-electron chi connectivity index (χ2n) is 4.26. The minimum atomic E-state index is -4.66. The standard InChI is InChI=1S/C15H14F3NO/c1-19-10-12-4-2-3-5-14(12)11-6-8-13(9-7-11)20-15(16,17)18/h2-9,19H,10H2,1H3. The second-order valence-corrected chi connectivity index (χ2v) is 4.26. The molecule has 106 valence electrons. The van der Waals surface area contributed by atoms with E-state index in [2.05, 4.69) is 10.1 Å². The van der Waals surface area contributed by atoms with Gasteiger partial charge in [0.2, 0.25) is 0 Å². The molecule has 1 N–H and O–H groups in total. The Labute approximate surface area is 115 Å². The number of rotatable bonds is 4. The number of ether oxygens (including phenoxy) is 1. The third-order valence-electron chi connectivity index (χ3n) is 2.78. The summed E-state index contributed by atoms with van der Waals surface area (Å²) in [6.45, 7) is 0.691. The van der Waals surface area contributed by atoms with Gasteiger partial charge in [-0.2, -0.15) is 0 Å². The molecule has 0 unspecified atom stereocenters. The lowest BCUT2D eigenvalue weighted by Gasteiger charge is -2.11. The molecular weight excluding hydrogens is 267 g/mol. The summed E-state index contributed by atoms with van der Waals surface area (Å²) in [4.78, 5) is 0. The van der Waals surface area contributed by atoms with E-state index in [1.165, 1.54) is 12.1 Å². The van der Waals surface area contributed by atoms with E-state index in [1.54, 1.807) is 12.1 Å². The van der Waals surface area contributed by atoms with Crippen LogP contribution in [0.4, 0.5) is 13.2 Å². The number of alkyl halides is 3. The normalized spacial score (nSPS) is 11.4. The third kappa shape index (κ3) is 3.74. The fraction of sp³-hybridized carbons (Fsp3) is 0.200. The minimum absolute atomic E-state index is 0.215. The van der Waals surface area contributed by atoms with E-state index in [9.17, 15) is 13.2 Å². The molecule has 0 atom stereocenters. The molecule has 0 spiro atoms. The fourth-order valence-corrected chi connectivity index (χ4v) is 1.98. The largest absolute Gasteiger partial charge is 0.573 e. The monoisotopic (exact) mass is 281 g/mol. The van der Waals surface area contributed by atoms with Crippen molar-refractivity contribution in [3.8, 4) is 16.9 Å².